The van der Waals surface area contributed by atoms with Crippen LogP contribution in [0.1, 0.15) is 23.0 Å². The summed E-state index contributed by atoms with van der Waals surface area (Å²) in [6.45, 7) is 1.97. The van der Waals surface area contributed by atoms with Gasteiger partial charge in [-0.1, -0.05) is 27.5 Å². The molecule has 2 rings (SSSR count). The highest BCUT2D eigenvalue weighted by Gasteiger charge is 2.17. The van der Waals surface area contributed by atoms with E-state index in [1.807, 2.05) is 36.9 Å². The first-order valence-electron chi connectivity index (χ1n) is 5.78. The van der Waals surface area contributed by atoms with E-state index in [0.717, 1.165) is 25.9 Å². The summed E-state index contributed by atoms with van der Waals surface area (Å²) in [5.41, 5.74) is 9.34. The van der Waals surface area contributed by atoms with Gasteiger partial charge in [0.25, 0.3) is 0 Å². The zero-order valence-corrected chi connectivity index (χ0v) is 14.6. The summed E-state index contributed by atoms with van der Waals surface area (Å²) < 4.78 is 3.85. The third kappa shape index (κ3) is 3.21. The molecule has 0 saturated heterocycles. The van der Waals surface area contributed by atoms with Crippen LogP contribution in [0.2, 0.25) is 5.02 Å². The van der Waals surface area contributed by atoms with Gasteiger partial charge in [0, 0.05) is 29.0 Å². The first-order chi connectivity index (χ1) is 8.90. The van der Waals surface area contributed by atoms with E-state index in [-0.39, 0.29) is 6.04 Å². The summed E-state index contributed by atoms with van der Waals surface area (Å²) in [4.78, 5) is 0. The third-order valence-electron chi connectivity index (χ3n) is 3.03. The van der Waals surface area contributed by atoms with E-state index in [0.29, 0.717) is 11.4 Å². The maximum Gasteiger partial charge on any atom is 0.0738 e. The number of rotatable bonds is 3. The molecule has 1 aromatic heterocycles. The lowest BCUT2D eigenvalue weighted by Gasteiger charge is -2.15. The van der Waals surface area contributed by atoms with E-state index in [9.17, 15) is 0 Å². The van der Waals surface area contributed by atoms with Gasteiger partial charge in [-0.25, -0.2) is 0 Å². The molecule has 0 spiro atoms. The van der Waals surface area contributed by atoms with Gasteiger partial charge in [0.15, 0.2) is 0 Å². The van der Waals surface area contributed by atoms with Gasteiger partial charge in [0.05, 0.1) is 15.9 Å². The zero-order chi connectivity index (χ0) is 14.2. The fourth-order valence-electron chi connectivity index (χ4n) is 2.02. The van der Waals surface area contributed by atoms with Crippen LogP contribution in [0.5, 0.6) is 0 Å². The quantitative estimate of drug-likeness (QED) is 0.831. The number of nitrogens with zero attached hydrogens (tertiary/aromatic N) is 2. The fraction of sp³-hybridized carbons (Fsp3) is 0.308. The molecule has 19 heavy (non-hydrogen) atoms. The second kappa shape index (κ2) is 5.95. The number of nitrogens with two attached hydrogens (primary N) is 1. The second-order valence-corrected chi connectivity index (χ2v) is 6.53. The van der Waals surface area contributed by atoms with Crippen molar-refractivity contribution in [3.05, 3.63) is 49.1 Å². The number of aryl methyl sites for hydroxylation is 2. The van der Waals surface area contributed by atoms with Crippen LogP contribution in [0.3, 0.4) is 0 Å². The van der Waals surface area contributed by atoms with Crippen molar-refractivity contribution < 1.29 is 0 Å². The first kappa shape index (κ1) is 15.0. The van der Waals surface area contributed by atoms with Gasteiger partial charge in [-0.3, -0.25) is 4.68 Å². The van der Waals surface area contributed by atoms with Crippen LogP contribution < -0.4 is 5.73 Å². The Morgan fingerprint density at radius 3 is 2.68 bits per heavy atom. The Bertz CT molecular complexity index is 610. The molecular weight excluding hydrogens is 393 g/mol. The van der Waals surface area contributed by atoms with Crippen LogP contribution in [-0.2, 0) is 13.5 Å². The van der Waals surface area contributed by atoms with Crippen molar-refractivity contribution in [1.82, 2.24) is 9.78 Å². The Labute approximate surface area is 134 Å². The molecule has 1 aromatic carbocycles. The number of hydrogen-bond acceptors (Lipinski definition) is 2. The standard InChI is InChI=1S/C13H14Br2ClN3/c1-7-13(15)12(19(2)18-7)6-11(17)9-5-8(16)3-4-10(9)14/h3-5,11H,6,17H2,1-2H3. The molecule has 0 amide bonds. The van der Waals surface area contributed by atoms with Crippen LogP contribution in [-0.4, -0.2) is 9.78 Å². The van der Waals surface area contributed by atoms with Gasteiger partial charge in [0.2, 0.25) is 0 Å². The third-order valence-corrected chi connectivity index (χ3v) is 5.02. The topological polar surface area (TPSA) is 43.8 Å². The van der Waals surface area contributed by atoms with Crippen LogP contribution >= 0.6 is 43.5 Å². The molecule has 2 aromatic rings. The summed E-state index contributed by atoms with van der Waals surface area (Å²) in [6.07, 6.45) is 0.691. The highest BCUT2D eigenvalue weighted by Crippen LogP contribution is 2.30. The number of benzene rings is 1. The summed E-state index contributed by atoms with van der Waals surface area (Å²) in [7, 11) is 1.92. The predicted octanol–water partition coefficient (Wildman–Crippen LogP) is 4.15. The highest BCUT2D eigenvalue weighted by molar-refractivity contribution is 9.10. The molecule has 0 aliphatic carbocycles. The minimum atomic E-state index is -0.140. The normalized spacial score (nSPS) is 12.7. The van der Waals surface area contributed by atoms with Gasteiger partial charge >= 0.3 is 0 Å². The smallest absolute Gasteiger partial charge is 0.0738 e. The molecular formula is C13H14Br2ClN3. The summed E-state index contributed by atoms with van der Waals surface area (Å²) in [5, 5.41) is 5.06. The number of hydrogen-bond donors (Lipinski definition) is 1. The first-order valence-corrected chi connectivity index (χ1v) is 7.75. The van der Waals surface area contributed by atoms with E-state index < -0.39 is 0 Å². The molecule has 0 saturated carbocycles. The average Bonchev–Trinajstić information content (AvgIpc) is 2.59. The van der Waals surface area contributed by atoms with Crippen LogP contribution in [0.15, 0.2) is 27.1 Å². The van der Waals surface area contributed by atoms with Crippen molar-refractivity contribution >= 4 is 43.5 Å². The minimum Gasteiger partial charge on any atom is -0.324 e. The van der Waals surface area contributed by atoms with Crippen LogP contribution in [0.4, 0.5) is 0 Å². The molecule has 0 fully saturated rings. The summed E-state index contributed by atoms with van der Waals surface area (Å²) in [5.74, 6) is 0. The monoisotopic (exact) mass is 405 g/mol. The fourth-order valence-corrected chi connectivity index (χ4v) is 3.24. The van der Waals surface area contributed by atoms with Gasteiger partial charge in [-0.2, -0.15) is 5.10 Å². The van der Waals surface area contributed by atoms with Crippen molar-refractivity contribution in [3.8, 4) is 0 Å². The molecule has 0 aliphatic rings. The van der Waals surface area contributed by atoms with Crippen LogP contribution in [0, 0.1) is 6.92 Å². The SMILES string of the molecule is Cc1nn(C)c(CC(N)c2cc(Cl)ccc2Br)c1Br. The second-order valence-electron chi connectivity index (χ2n) is 4.45. The molecule has 1 heterocycles. The van der Waals surface area contributed by atoms with Crippen molar-refractivity contribution in [3.63, 3.8) is 0 Å². The van der Waals surface area contributed by atoms with E-state index in [1.165, 1.54) is 0 Å². The van der Waals surface area contributed by atoms with Crippen molar-refractivity contribution in [1.29, 1.82) is 0 Å². The van der Waals surface area contributed by atoms with Gasteiger partial charge in [-0.05, 0) is 46.6 Å². The molecule has 102 valence electrons. The Kier molecular flexibility index (Phi) is 4.71. The Balaban J connectivity index is 2.30. The lowest BCUT2D eigenvalue weighted by atomic mass is 10.0. The number of aromatic nitrogens is 2. The van der Waals surface area contributed by atoms with Gasteiger partial charge in [-0.15, -0.1) is 0 Å². The number of halogens is 3. The Morgan fingerprint density at radius 1 is 1.42 bits per heavy atom. The predicted molar refractivity (Wildman–Crippen MR) is 85.4 cm³/mol. The lowest BCUT2D eigenvalue weighted by molar-refractivity contribution is 0.637. The van der Waals surface area contributed by atoms with Crippen molar-refractivity contribution in [2.45, 2.75) is 19.4 Å². The summed E-state index contributed by atoms with van der Waals surface area (Å²) >= 11 is 13.1. The summed E-state index contributed by atoms with van der Waals surface area (Å²) in [6, 6.07) is 5.51. The van der Waals surface area contributed by atoms with Crippen LogP contribution in [0.25, 0.3) is 0 Å². The minimum absolute atomic E-state index is 0.140. The molecule has 3 nitrogen and oxygen atoms in total. The molecule has 2 N–H and O–H groups in total. The average molecular weight is 408 g/mol. The maximum absolute atomic E-state index is 6.29. The molecule has 0 aliphatic heterocycles. The molecule has 1 atom stereocenters. The molecule has 6 heteroatoms. The Hall–Kier alpha value is -0.360. The highest BCUT2D eigenvalue weighted by atomic mass is 79.9. The largest absolute Gasteiger partial charge is 0.324 e. The van der Waals surface area contributed by atoms with Crippen molar-refractivity contribution in [2.24, 2.45) is 12.8 Å². The van der Waals surface area contributed by atoms with E-state index in [2.05, 4.69) is 37.0 Å². The van der Waals surface area contributed by atoms with E-state index in [1.54, 1.807) is 0 Å². The van der Waals surface area contributed by atoms with E-state index in [4.69, 9.17) is 17.3 Å². The lowest BCUT2D eigenvalue weighted by Crippen LogP contribution is -2.16. The van der Waals surface area contributed by atoms with Crippen molar-refractivity contribution in [2.75, 3.05) is 0 Å². The zero-order valence-electron chi connectivity index (χ0n) is 10.6. The Morgan fingerprint density at radius 2 is 2.11 bits per heavy atom. The maximum atomic E-state index is 6.29. The van der Waals surface area contributed by atoms with E-state index >= 15 is 0 Å². The molecule has 0 radical (unpaired) electrons. The molecule has 0 bridgehead atoms. The van der Waals surface area contributed by atoms with Gasteiger partial charge < -0.3 is 5.73 Å². The molecule has 1 unspecified atom stereocenters. The van der Waals surface area contributed by atoms with Gasteiger partial charge in [0.1, 0.15) is 0 Å².